The first-order valence-corrected chi connectivity index (χ1v) is 10.9. The topological polar surface area (TPSA) is 77.3 Å². The zero-order valence-corrected chi connectivity index (χ0v) is 16.2. The number of nitriles is 1. The highest BCUT2D eigenvalue weighted by molar-refractivity contribution is 7.89. The van der Waals surface area contributed by atoms with E-state index in [1.165, 1.54) is 33.3 Å². The van der Waals surface area contributed by atoms with Crippen molar-refractivity contribution in [2.45, 2.75) is 11.4 Å². The second-order valence-corrected chi connectivity index (χ2v) is 9.44. The van der Waals surface area contributed by atoms with E-state index in [9.17, 15) is 8.42 Å². The molecule has 0 amide bonds. The lowest BCUT2D eigenvalue weighted by Gasteiger charge is -2.33. The van der Waals surface area contributed by atoms with Crippen LogP contribution in [-0.4, -0.2) is 48.8 Å². The molecule has 1 aliphatic heterocycles. The number of thiazole rings is 1. The van der Waals surface area contributed by atoms with Gasteiger partial charge in [0.2, 0.25) is 10.0 Å². The molecule has 0 spiro atoms. The average Bonchev–Trinajstić information content (AvgIpc) is 3.10. The number of hydrogen-bond donors (Lipinski definition) is 0. The van der Waals surface area contributed by atoms with Crippen LogP contribution in [0.5, 0.6) is 0 Å². The Balaban J connectivity index is 1.41. The highest BCUT2D eigenvalue weighted by atomic mass is 32.2. The Labute approximate surface area is 162 Å². The van der Waals surface area contributed by atoms with E-state index in [0.717, 1.165) is 17.1 Å². The Kier molecular flexibility index (Phi) is 4.93. The second kappa shape index (κ2) is 7.37. The molecular weight excluding hydrogens is 380 g/mol. The maximum atomic E-state index is 12.8. The molecule has 2 heterocycles. The SMILES string of the molecule is N#Cc1ccc(S(=O)(=O)N2CCN(Cc3nc4ccccc4s3)CC2)cc1. The van der Waals surface area contributed by atoms with Gasteiger partial charge in [0.1, 0.15) is 5.01 Å². The lowest BCUT2D eigenvalue weighted by atomic mass is 10.2. The molecule has 0 N–H and O–H groups in total. The van der Waals surface area contributed by atoms with Gasteiger partial charge in [-0.2, -0.15) is 9.57 Å². The van der Waals surface area contributed by atoms with Crippen molar-refractivity contribution >= 4 is 31.6 Å². The normalized spacial score (nSPS) is 16.4. The van der Waals surface area contributed by atoms with Crippen molar-refractivity contribution in [2.24, 2.45) is 0 Å². The van der Waals surface area contributed by atoms with Crippen molar-refractivity contribution in [1.29, 1.82) is 5.26 Å². The van der Waals surface area contributed by atoms with E-state index >= 15 is 0 Å². The van der Waals surface area contributed by atoms with Crippen LogP contribution >= 0.6 is 11.3 Å². The molecule has 0 aliphatic carbocycles. The maximum Gasteiger partial charge on any atom is 0.243 e. The molecule has 1 saturated heterocycles. The average molecular weight is 399 g/mol. The molecule has 0 radical (unpaired) electrons. The van der Waals surface area contributed by atoms with Crippen molar-refractivity contribution in [3.63, 3.8) is 0 Å². The van der Waals surface area contributed by atoms with Crippen LogP contribution in [0.3, 0.4) is 0 Å². The summed E-state index contributed by atoms with van der Waals surface area (Å²) in [7, 11) is -3.52. The third-order valence-corrected chi connectivity index (χ3v) is 7.58. The van der Waals surface area contributed by atoms with Gasteiger partial charge in [0, 0.05) is 26.2 Å². The first-order valence-electron chi connectivity index (χ1n) is 8.63. The van der Waals surface area contributed by atoms with Gasteiger partial charge in [-0.1, -0.05) is 12.1 Å². The van der Waals surface area contributed by atoms with Gasteiger partial charge in [0.05, 0.1) is 33.3 Å². The minimum Gasteiger partial charge on any atom is -0.294 e. The fraction of sp³-hybridized carbons (Fsp3) is 0.263. The summed E-state index contributed by atoms with van der Waals surface area (Å²) in [4.78, 5) is 7.13. The van der Waals surface area contributed by atoms with Crippen LogP contribution in [-0.2, 0) is 16.6 Å². The van der Waals surface area contributed by atoms with Crippen molar-refractivity contribution in [3.05, 3.63) is 59.1 Å². The van der Waals surface area contributed by atoms with E-state index in [1.54, 1.807) is 11.3 Å². The monoisotopic (exact) mass is 398 g/mol. The van der Waals surface area contributed by atoms with Crippen LogP contribution in [0.25, 0.3) is 10.2 Å². The Bertz CT molecular complexity index is 1060. The molecule has 0 unspecified atom stereocenters. The molecule has 1 aliphatic rings. The summed E-state index contributed by atoms with van der Waals surface area (Å²) in [5, 5.41) is 9.91. The van der Waals surface area contributed by atoms with Crippen LogP contribution in [0.4, 0.5) is 0 Å². The van der Waals surface area contributed by atoms with E-state index in [2.05, 4.69) is 16.0 Å². The molecule has 6 nitrogen and oxygen atoms in total. The summed E-state index contributed by atoms with van der Waals surface area (Å²) < 4.78 is 28.3. The molecule has 0 atom stereocenters. The lowest BCUT2D eigenvalue weighted by Crippen LogP contribution is -2.48. The molecule has 1 aromatic heterocycles. The van der Waals surface area contributed by atoms with Crippen molar-refractivity contribution in [1.82, 2.24) is 14.2 Å². The van der Waals surface area contributed by atoms with Gasteiger partial charge in [-0.3, -0.25) is 4.90 Å². The van der Waals surface area contributed by atoms with Gasteiger partial charge < -0.3 is 0 Å². The highest BCUT2D eigenvalue weighted by Gasteiger charge is 2.28. The van der Waals surface area contributed by atoms with Crippen molar-refractivity contribution in [3.8, 4) is 6.07 Å². The Hall–Kier alpha value is -2.31. The number of para-hydroxylation sites is 1. The van der Waals surface area contributed by atoms with Gasteiger partial charge in [0.15, 0.2) is 0 Å². The fourth-order valence-corrected chi connectivity index (χ4v) is 5.59. The minimum atomic E-state index is -3.52. The molecular formula is C19H18N4O2S2. The summed E-state index contributed by atoms with van der Waals surface area (Å²) in [6, 6.07) is 16.2. The molecule has 0 saturated carbocycles. The molecule has 2 aromatic carbocycles. The predicted molar refractivity (Wildman–Crippen MR) is 105 cm³/mol. The van der Waals surface area contributed by atoms with E-state index in [4.69, 9.17) is 5.26 Å². The number of nitrogens with zero attached hydrogens (tertiary/aromatic N) is 4. The molecule has 27 heavy (non-hydrogen) atoms. The number of piperazine rings is 1. The van der Waals surface area contributed by atoms with Crippen molar-refractivity contribution in [2.75, 3.05) is 26.2 Å². The summed E-state index contributed by atoms with van der Waals surface area (Å²) in [5.74, 6) is 0. The maximum absolute atomic E-state index is 12.8. The number of rotatable bonds is 4. The minimum absolute atomic E-state index is 0.237. The largest absolute Gasteiger partial charge is 0.294 e. The number of benzene rings is 2. The van der Waals surface area contributed by atoms with E-state index < -0.39 is 10.0 Å². The highest BCUT2D eigenvalue weighted by Crippen LogP contribution is 2.24. The van der Waals surface area contributed by atoms with Crippen LogP contribution in [0.2, 0.25) is 0 Å². The third-order valence-electron chi connectivity index (χ3n) is 4.65. The number of aromatic nitrogens is 1. The first-order chi connectivity index (χ1) is 13.1. The predicted octanol–water partition coefficient (Wildman–Crippen LogP) is 2.67. The summed E-state index contributed by atoms with van der Waals surface area (Å²) in [5.41, 5.74) is 1.47. The van der Waals surface area contributed by atoms with E-state index in [0.29, 0.717) is 31.7 Å². The van der Waals surface area contributed by atoms with Crippen LogP contribution in [0, 0.1) is 11.3 Å². The van der Waals surface area contributed by atoms with Crippen molar-refractivity contribution < 1.29 is 8.42 Å². The quantitative estimate of drug-likeness (QED) is 0.675. The Morgan fingerprint density at radius 2 is 1.74 bits per heavy atom. The fourth-order valence-electron chi connectivity index (χ4n) is 3.16. The van der Waals surface area contributed by atoms with Crippen LogP contribution < -0.4 is 0 Å². The van der Waals surface area contributed by atoms with Crippen LogP contribution in [0.15, 0.2) is 53.4 Å². The number of hydrogen-bond acceptors (Lipinski definition) is 6. The molecule has 138 valence electrons. The van der Waals surface area contributed by atoms with E-state index in [-0.39, 0.29) is 4.90 Å². The van der Waals surface area contributed by atoms with Gasteiger partial charge in [0.25, 0.3) is 0 Å². The number of fused-ring (bicyclic) bond motifs is 1. The smallest absolute Gasteiger partial charge is 0.243 e. The molecule has 0 bridgehead atoms. The number of sulfonamides is 1. The lowest BCUT2D eigenvalue weighted by molar-refractivity contribution is 0.181. The standard InChI is InChI=1S/C19H18N4O2S2/c20-13-15-5-7-16(8-6-15)27(24,25)23-11-9-22(10-12-23)14-19-21-17-3-1-2-4-18(17)26-19/h1-8H,9-12,14H2. The van der Waals surface area contributed by atoms with Gasteiger partial charge in [-0.25, -0.2) is 13.4 Å². The summed E-state index contributed by atoms with van der Waals surface area (Å²) in [6.07, 6.45) is 0. The summed E-state index contributed by atoms with van der Waals surface area (Å²) >= 11 is 1.69. The Morgan fingerprint density at radius 3 is 2.41 bits per heavy atom. The van der Waals surface area contributed by atoms with Crippen LogP contribution in [0.1, 0.15) is 10.6 Å². The first kappa shape index (κ1) is 18.1. The molecule has 3 aromatic rings. The molecule has 4 rings (SSSR count). The van der Waals surface area contributed by atoms with E-state index in [1.807, 2.05) is 24.3 Å². The second-order valence-electron chi connectivity index (χ2n) is 6.39. The van der Waals surface area contributed by atoms with Gasteiger partial charge >= 0.3 is 0 Å². The van der Waals surface area contributed by atoms with Gasteiger partial charge in [-0.05, 0) is 36.4 Å². The Morgan fingerprint density at radius 1 is 1.04 bits per heavy atom. The zero-order valence-electron chi connectivity index (χ0n) is 14.6. The summed E-state index contributed by atoms with van der Waals surface area (Å²) in [6.45, 7) is 2.99. The zero-order chi connectivity index (χ0) is 18.9. The molecule has 8 heteroatoms. The third kappa shape index (κ3) is 3.73. The van der Waals surface area contributed by atoms with Gasteiger partial charge in [-0.15, -0.1) is 11.3 Å². The molecule has 1 fully saturated rings.